The van der Waals surface area contributed by atoms with Gasteiger partial charge in [-0.2, -0.15) is 0 Å². The van der Waals surface area contributed by atoms with Gasteiger partial charge in [0.15, 0.2) is 11.5 Å². The molecule has 6 heteroatoms. The quantitative estimate of drug-likeness (QED) is 0.687. The molecule has 0 spiro atoms. The van der Waals surface area contributed by atoms with Crippen molar-refractivity contribution in [3.05, 3.63) is 82.5 Å². The summed E-state index contributed by atoms with van der Waals surface area (Å²) in [4.78, 5) is 12.2. The Bertz CT molecular complexity index is 896. The second kappa shape index (κ2) is 8.45. The summed E-state index contributed by atoms with van der Waals surface area (Å²) < 4.78 is 0. The number of carbonyl (C=O) groups excluding carboxylic acids is 1. The van der Waals surface area contributed by atoms with E-state index in [0.717, 1.165) is 16.8 Å². The lowest BCUT2D eigenvalue weighted by Gasteiger charge is -2.07. The fourth-order valence-electron chi connectivity index (χ4n) is 2.49. The molecule has 0 aliphatic rings. The molecule has 0 saturated carbocycles. The van der Waals surface area contributed by atoms with Gasteiger partial charge in [0, 0.05) is 17.3 Å². The van der Waals surface area contributed by atoms with E-state index < -0.39 is 0 Å². The van der Waals surface area contributed by atoms with Crippen LogP contribution in [0.25, 0.3) is 0 Å². The Kier molecular flexibility index (Phi) is 5.81. The number of hydrogen-bond acceptors (Lipinski definition) is 4. The van der Waals surface area contributed by atoms with E-state index >= 15 is 0 Å². The first kappa shape index (κ1) is 17.9. The number of rotatable bonds is 6. The number of nitrogens with zero attached hydrogens (tertiary/aromatic N) is 2. The molecule has 2 N–H and O–H groups in total. The van der Waals surface area contributed by atoms with Crippen LogP contribution in [-0.4, -0.2) is 22.6 Å². The maximum atomic E-state index is 12.2. The van der Waals surface area contributed by atoms with Crippen LogP contribution in [0.1, 0.15) is 21.6 Å². The summed E-state index contributed by atoms with van der Waals surface area (Å²) in [6, 6.07) is 18.9. The van der Waals surface area contributed by atoms with Crippen molar-refractivity contribution in [2.24, 2.45) is 0 Å². The Hall–Kier alpha value is -2.92. The van der Waals surface area contributed by atoms with E-state index in [9.17, 15) is 4.79 Å². The van der Waals surface area contributed by atoms with E-state index in [1.807, 2.05) is 55.5 Å². The van der Waals surface area contributed by atoms with Crippen LogP contribution >= 0.6 is 11.6 Å². The van der Waals surface area contributed by atoms with Gasteiger partial charge in [0.05, 0.1) is 0 Å². The minimum Gasteiger partial charge on any atom is -0.350 e. The molecule has 3 aromatic rings. The van der Waals surface area contributed by atoms with Gasteiger partial charge < -0.3 is 10.6 Å². The second-order valence-corrected chi connectivity index (χ2v) is 6.37. The highest BCUT2D eigenvalue weighted by Gasteiger charge is 2.08. The third-order valence-corrected chi connectivity index (χ3v) is 4.01. The van der Waals surface area contributed by atoms with Gasteiger partial charge in [-0.3, -0.25) is 4.79 Å². The molecule has 0 radical (unpaired) electrons. The summed E-state index contributed by atoms with van der Waals surface area (Å²) in [5.41, 5.74) is 3.43. The summed E-state index contributed by atoms with van der Waals surface area (Å²) in [7, 11) is 0. The molecule has 0 fully saturated rings. The zero-order chi connectivity index (χ0) is 18.4. The van der Waals surface area contributed by atoms with Gasteiger partial charge in [-0.15, -0.1) is 10.2 Å². The molecule has 2 aromatic carbocycles. The van der Waals surface area contributed by atoms with Crippen molar-refractivity contribution < 1.29 is 4.79 Å². The zero-order valence-corrected chi connectivity index (χ0v) is 15.1. The topological polar surface area (TPSA) is 66.9 Å². The number of halogens is 1. The predicted molar refractivity (Wildman–Crippen MR) is 104 cm³/mol. The minimum absolute atomic E-state index is 0.248. The molecule has 3 rings (SSSR count). The largest absolute Gasteiger partial charge is 0.350 e. The van der Waals surface area contributed by atoms with Crippen molar-refractivity contribution >= 4 is 29.0 Å². The molecule has 1 heterocycles. The average Bonchev–Trinajstić information content (AvgIpc) is 2.62. The lowest BCUT2D eigenvalue weighted by Crippen LogP contribution is -2.26. The number of carbonyl (C=O) groups is 1. The highest BCUT2D eigenvalue weighted by molar-refractivity contribution is 6.30. The molecule has 0 atom stereocenters. The zero-order valence-electron chi connectivity index (χ0n) is 14.4. The van der Waals surface area contributed by atoms with Gasteiger partial charge in [-0.1, -0.05) is 35.9 Å². The summed E-state index contributed by atoms with van der Waals surface area (Å²) >= 11 is 5.95. The van der Waals surface area contributed by atoms with Crippen molar-refractivity contribution in [3.8, 4) is 0 Å². The Morgan fingerprint density at radius 1 is 1.04 bits per heavy atom. The van der Waals surface area contributed by atoms with Crippen LogP contribution in [0.15, 0.2) is 60.7 Å². The van der Waals surface area contributed by atoms with Crippen LogP contribution in [-0.2, 0) is 6.42 Å². The van der Waals surface area contributed by atoms with Crippen LogP contribution in [0.4, 0.5) is 11.5 Å². The van der Waals surface area contributed by atoms with Crippen LogP contribution in [0, 0.1) is 6.92 Å². The van der Waals surface area contributed by atoms with E-state index in [1.165, 1.54) is 0 Å². The monoisotopic (exact) mass is 366 g/mol. The third kappa shape index (κ3) is 5.04. The predicted octanol–water partition coefficient (Wildman–Crippen LogP) is 4.15. The summed E-state index contributed by atoms with van der Waals surface area (Å²) in [6.07, 6.45) is 0.701. The van der Waals surface area contributed by atoms with Gasteiger partial charge in [-0.05, 0) is 60.9 Å². The van der Waals surface area contributed by atoms with Gasteiger partial charge in [-0.25, -0.2) is 0 Å². The first-order valence-corrected chi connectivity index (χ1v) is 8.68. The number of amides is 1. The molecular weight excluding hydrogens is 348 g/mol. The van der Waals surface area contributed by atoms with Crippen LogP contribution in [0.2, 0.25) is 5.02 Å². The number of nitrogens with one attached hydrogen (secondary N) is 2. The van der Waals surface area contributed by atoms with E-state index in [0.29, 0.717) is 23.8 Å². The number of anilines is 2. The van der Waals surface area contributed by atoms with Crippen molar-refractivity contribution in [1.29, 1.82) is 0 Å². The fraction of sp³-hybridized carbons (Fsp3) is 0.150. The number of aryl methyl sites for hydroxylation is 1. The molecule has 132 valence electrons. The standard InChI is InChI=1S/C20H19ClN4O/c1-14-4-2-7-17(12-14)23-19-9-8-18(24-25-19)20(26)22-11-10-15-5-3-6-16(21)13-15/h2-9,12-13H,10-11H2,1H3,(H,22,26)(H,23,25). The summed E-state index contributed by atoms with van der Waals surface area (Å²) in [6.45, 7) is 2.53. The molecule has 0 aliphatic heterocycles. The molecule has 0 aliphatic carbocycles. The van der Waals surface area contributed by atoms with Crippen molar-refractivity contribution in [1.82, 2.24) is 15.5 Å². The number of hydrogen-bond donors (Lipinski definition) is 2. The van der Waals surface area contributed by atoms with Gasteiger partial charge in [0.1, 0.15) is 0 Å². The van der Waals surface area contributed by atoms with E-state index in [2.05, 4.69) is 20.8 Å². The van der Waals surface area contributed by atoms with Crippen molar-refractivity contribution in [2.45, 2.75) is 13.3 Å². The van der Waals surface area contributed by atoms with Crippen LogP contribution < -0.4 is 10.6 Å². The van der Waals surface area contributed by atoms with E-state index in [-0.39, 0.29) is 11.6 Å². The summed E-state index contributed by atoms with van der Waals surface area (Å²) in [5.74, 6) is 0.340. The van der Waals surface area contributed by atoms with Crippen molar-refractivity contribution in [2.75, 3.05) is 11.9 Å². The molecular formula is C20H19ClN4O. The van der Waals surface area contributed by atoms with Crippen molar-refractivity contribution in [3.63, 3.8) is 0 Å². The Morgan fingerprint density at radius 2 is 1.88 bits per heavy atom. The molecule has 0 bridgehead atoms. The maximum Gasteiger partial charge on any atom is 0.271 e. The Labute approximate surface area is 157 Å². The first-order valence-electron chi connectivity index (χ1n) is 8.30. The molecule has 1 amide bonds. The number of aromatic nitrogens is 2. The lowest BCUT2D eigenvalue weighted by molar-refractivity contribution is 0.0948. The Morgan fingerprint density at radius 3 is 2.62 bits per heavy atom. The highest BCUT2D eigenvalue weighted by atomic mass is 35.5. The molecule has 5 nitrogen and oxygen atoms in total. The minimum atomic E-state index is -0.248. The molecule has 0 unspecified atom stereocenters. The third-order valence-electron chi connectivity index (χ3n) is 3.78. The smallest absolute Gasteiger partial charge is 0.271 e. The average molecular weight is 367 g/mol. The summed E-state index contributed by atoms with van der Waals surface area (Å²) in [5, 5.41) is 14.7. The van der Waals surface area contributed by atoms with Crippen LogP contribution in [0.3, 0.4) is 0 Å². The highest BCUT2D eigenvalue weighted by Crippen LogP contribution is 2.15. The van der Waals surface area contributed by atoms with Gasteiger partial charge in [0.2, 0.25) is 0 Å². The normalized spacial score (nSPS) is 10.4. The second-order valence-electron chi connectivity index (χ2n) is 5.93. The SMILES string of the molecule is Cc1cccc(Nc2ccc(C(=O)NCCc3cccc(Cl)c3)nn2)c1. The number of benzene rings is 2. The lowest BCUT2D eigenvalue weighted by atomic mass is 10.1. The Balaban J connectivity index is 1.53. The van der Waals surface area contributed by atoms with Crippen LogP contribution in [0.5, 0.6) is 0 Å². The van der Waals surface area contributed by atoms with Gasteiger partial charge >= 0.3 is 0 Å². The first-order chi connectivity index (χ1) is 12.6. The van der Waals surface area contributed by atoms with E-state index in [1.54, 1.807) is 12.1 Å². The molecule has 0 saturated heterocycles. The maximum absolute atomic E-state index is 12.2. The van der Waals surface area contributed by atoms with Gasteiger partial charge in [0.25, 0.3) is 5.91 Å². The molecule has 1 aromatic heterocycles. The molecule has 26 heavy (non-hydrogen) atoms. The van der Waals surface area contributed by atoms with E-state index in [4.69, 9.17) is 11.6 Å². The fourth-order valence-corrected chi connectivity index (χ4v) is 2.71.